The maximum atomic E-state index is 13.6. The van der Waals surface area contributed by atoms with Gasteiger partial charge in [0, 0.05) is 35.5 Å². The summed E-state index contributed by atoms with van der Waals surface area (Å²) in [6, 6.07) is 20.7. The van der Waals surface area contributed by atoms with Gasteiger partial charge in [0.15, 0.2) is 0 Å². The van der Waals surface area contributed by atoms with Crippen LogP contribution in [0.2, 0.25) is 0 Å². The summed E-state index contributed by atoms with van der Waals surface area (Å²) < 4.78 is 21.1. The normalized spacial score (nSPS) is 11.5. The van der Waals surface area contributed by atoms with Crippen LogP contribution in [-0.4, -0.2) is 17.6 Å². The molecule has 1 heterocycles. The smallest absolute Gasteiger partial charge is 0.229 e. The van der Waals surface area contributed by atoms with Gasteiger partial charge < -0.3 is 14.6 Å². The Kier molecular flexibility index (Phi) is 5.74. The van der Waals surface area contributed by atoms with Crippen molar-refractivity contribution < 1.29 is 13.9 Å². The fourth-order valence-electron chi connectivity index (χ4n) is 3.66. The molecule has 0 radical (unpaired) electrons. The van der Waals surface area contributed by atoms with Crippen molar-refractivity contribution in [2.75, 3.05) is 12.4 Å². The molecule has 4 nitrogen and oxygen atoms in total. The van der Waals surface area contributed by atoms with Crippen molar-refractivity contribution >= 4 is 22.5 Å². The van der Waals surface area contributed by atoms with Crippen LogP contribution in [0.3, 0.4) is 0 Å². The van der Waals surface area contributed by atoms with Crippen molar-refractivity contribution in [2.45, 2.75) is 27.3 Å². The van der Waals surface area contributed by atoms with E-state index in [0.29, 0.717) is 12.3 Å². The zero-order valence-corrected chi connectivity index (χ0v) is 18.8. The Morgan fingerprint density at radius 1 is 1.03 bits per heavy atom. The molecule has 5 heteroatoms. The SMILES string of the molecule is COc1cc(F)ccc1-c1cccc(Cn2ccc3ccc(NC(=O)C(C)(C)C)cc32)c1. The van der Waals surface area contributed by atoms with Gasteiger partial charge in [-0.3, -0.25) is 4.79 Å². The molecule has 4 rings (SSSR count). The second kappa shape index (κ2) is 8.50. The summed E-state index contributed by atoms with van der Waals surface area (Å²) in [5.74, 6) is 0.165. The predicted molar refractivity (Wildman–Crippen MR) is 128 cm³/mol. The molecule has 1 aromatic heterocycles. The topological polar surface area (TPSA) is 43.3 Å². The van der Waals surface area contributed by atoms with Crippen LogP contribution in [0.1, 0.15) is 26.3 Å². The van der Waals surface area contributed by atoms with Gasteiger partial charge in [-0.25, -0.2) is 4.39 Å². The molecule has 0 aliphatic heterocycles. The first-order valence-electron chi connectivity index (χ1n) is 10.6. The Balaban J connectivity index is 1.63. The van der Waals surface area contributed by atoms with Gasteiger partial charge in [-0.15, -0.1) is 0 Å². The second-order valence-corrected chi connectivity index (χ2v) is 8.97. The summed E-state index contributed by atoms with van der Waals surface area (Å²) in [5.41, 5.74) is 4.28. The number of halogens is 1. The summed E-state index contributed by atoms with van der Waals surface area (Å²) in [6.45, 7) is 6.35. The highest BCUT2D eigenvalue weighted by atomic mass is 19.1. The lowest BCUT2D eigenvalue weighted by Crippen LogP contribution is -2.27. The lowest BCUT2D eigenvalue weighted by molar-refractivity contribution is -0.123. The van der Waals surface area contributed by atoms with Crippen LogP contribution >= 0.6 is 0 Å². The first kappa shape index (κ1) is 21.6. The van der Waals surface area contributed by atoms with Gasteiger partial charge >= 0.3 is 0 Å². The Hall–Kier alpha value is -3.60. The molecule has 164 valence electrons. The number of nitrogens with one attached hydrogen (secondary N) is 1. The number of nitrogens with zero attached hydrogens (tertiary/aromatic N) is 1. The number of carbonyl (C=O) groups is 1. The molecule has 0 aliphatic rings. The Bertz CT molecular complexity index is 1280. The predicted octanol–water partition coefficient (Wildman–Crippen LogP) is 6.49. The highest BCUT2D eigenvalue weighted by Gasteiger charge is 2.21. The van der Waals surface area contributed by atoms with Crippen molar-refractivity contribution in [1.82, 2.24) is 4.57 Å². The number of fused-ring (bicyclic) bond motifs is 1. The van der Waals surface area contributed by atoms with Crippen LogP contribution in [0.4, 0.5) is 10.1 Å². The number of ether oxygens (including phenoxy) is 1. The third-order valence-corrected chi connectivity index (χ3v) is 5.47. The first-order valence-corrected chi connectivity index (χ1v) is 10.6. The first-order chi connectivity index (χ1) is 15.2. The van der Waals surface area contributed by atoms with Crippen LogP contribution in [0.5, 0.6) is 5.75 Å². The monoisotopic (exact) mass is 430 g/mol. The van der Waals surface area contributed by atoms with E-state index in [2.05, 4.69) is 28.1 Å². The van der Waals surface area contributed by atoms with Crippen LogP contribution in [0, 0.1) is 11.2 Å². The highest BCUT2D eigenvalue weighted by molar-refractivity contribution is 5.96. The molecule has 0 spiro atoms. The lowest BCUT2D eigenvalue weighted by atomic mass is 9.95. The van der Waals surface area contributed by atoms with Gasteiger partial charge in [0.05, 0.1) is 12.6 Å². The van der Waals surface area contributed by atoms with E-state index in [9.17, 15) is 9.18 Å². The van der Waals surface area contributed by atoms with Crippen molar-refractivity contribution in [1.29, 1.82) is 0 Å². The van der Waals surface area contributed by atoms with Gasteiger partial charge in [-0.05, 0) is 52.9 Å². The quantitative estimate of drug-likeness (QED) is 0.393. The molecule has 32 heavy (non-hydrogen) atoms. The third kappa shape index (κ3) is 4.52. The molecular formula is C27H27FN2O2. The summed E-state index contributed by atoms with van der Waals surface area (Å²) in [4.78, 5) is 12.4. The van der Waals surface area contributed by atoms with Crippen LogP contribution < -0.4 is 10.1 Å². The number of anilines is 1. The van der Waals surface area contributed by atoms with E-state index < -0.39 is 5.41 Å². The number of methoxy groups -OCH3 is 1. The van der Waals surface area contributed by atoms with Gasteiger partial charge in [-0.1, -0.05) is 45.0 Å². The van der Waals surface area contributed by atoms with E-state index in [1.807, 2.05) is 57.3 Å². The van der Waals surface area contributed by atoms with Gasteiger partial charge in [0.1, 0.15) is 11.6 Å². The van der Waals surface area contributed by atoms with Crippen LogP contribution in [0.15, 0.2) is 72.9 Å². The van der Waals surface area contributed by atoms with E-state index in [4.69, 9.17) is 4.74 Å². The number of amides is 1. The summed E-state index contributed by atoms with van der Waals surface area (Å²) >= 11 is 0. The maximum absolute atomic E-state index is 13.6. The average molecular weight is 431 g/mol. The Morgan fingerprint density at radius 3 is 2.59 bits per heavy atom. The fraction of sp³-hybridized carbons (Fsp3) is 0.222. The number of hydrogen-bond acceptors (Lipinski definition) is 2. The maximum Gasteiger partial charge on any atom is 0.229 e. The van der Waals surface area contributed by atoms with Crippen molar-refractivity contribution in [3.63, 3.8) is 0 Å². The average Bonchev–Trinajstić information content (AvgIpc) is 3.15. The van der Waals surface area contributed by atoms with Crippen LogP contribution in [-0.2, 0) is 11.3 Å². The second-order valence-electron chi connectivity index (χ2n) is 8.97. The number of carbonyl (C=O) groups excluding carboxylic acids is 1. The number of benzene rings is 3. The molecule has 0 unspecified atom stereocenters. The molecule has 3 aromatic carbocycles. The molecule has 0 saturated carbocycles. The summed E-state index contributed by atoms with van der Waals surface area (Å²) in [5, 5.41) is 4.11. The molecular weight excluding hydrogens is 403 g/mol. The minimum atomic E-state index is -0.460. The third-order valence-electron chi connectivity index (χ3n) is 5.47. The minimum absolute atomic E-state index is 0.0177. The zero-order chi connectivity index (χ0) is 22.9. The molecule has 0 saturated heterocycles. The summed E-state index contributed by atoms with van der Waals surface area (Å²) in [7, 11) is 1.55. The minimum Gasteiger partial charge on any atom is -0.496 e. The molecule has 1 amide bonds. The van der Waals surface area contributed by atoms with E-state index in [1.54, 1.807) is 13.2 Å². The van der Waals surface area contributed by atoms with Crippen molar-refractivity contribution in [2.24, 2.45) is 5.41 Å². The Labute approximate surface area is 187 Å². The van der Waals surface area contributed by atoms with Crippen molar-refractivity contribution in [3.05, 3.63) is 84.3 Å². The number of hydrogen-bond donors (Lipinski definition) is 1. The largest absolute Gasteiger partial charge is 0.496 e. The molecule has 0 atom stereocenters. The van der Waals surface area contributed by atoms with Crippen LogP contribution in [0.25, 0.3) is 22.0 Å². The van der Waals surface area contributed by atoms with Gasteiger partial charge in [0.25, 0.3) is 0 Å². The van der Waals surface area contributed by atoms with Gasteiger partial charge in [-0.2, -0.15) is 0 Å². The van der Waals surface area contributed by atoms with E-state index in [-0.39, 0.29) is 11.7 Å². The summed E-state index contributed by atoms with van der Waals surface area (Å²) in [6.07, 6.45) is 2.05. The molecule has 1 N–H and O–H groups in total. The van der Waals surface area contributed by atoms with E-state index in [0.717, 1.165) is 33.3 Å². The zero-order valence-electron chi connectivity index (χ0n) is 18.8. The number of rotatable bonds is 5. The molecule has 0 aliphatic carbocycles. The standard InChI is InChI=1S/C27H27FN2O2/c1-27(2,3)26(31)29-22-10-8-19-12-13-30(24(19)16-22)17-18-6-5-7-20(14-18)23-11-9-21(28)15-25(23)32-4/h5-16H,17H2,1-4H3,(H,29,31). The lowest BCUT2D eigenvalue weighted by Gasteiger charge is -2.18. The highest BCUT2D eigenvalue weighted by Crippen LogP contribution is 2.31. The van der Waals surface area contributed by atoms with E-state index in [1.165, 1.54) is 12.1 Å². The molecule has 0 fully saturated rings. The Morgan fingerprint density at radius 2 is 1.84 bits per heavy atom. The van der Waals surface area contributed by atoms with Gasteiger partial charge in [0.2, 0.25) is 5.91 Å². The molecule has 4 aromatic rings. The van der Waals surface area contributed by atoms with Crippen molar-refractivity contribution in [3.8, 4) is 16.9 Å². The fourth-order valence-corrected chi connectivity index (χ4v) is 3.66. The molecule has 0 bridgehead atoms. The number of aromatic nitrogens is 1. The van der Waals surface area contributed by atoms with E-state index >= 15 is 0 Å².